The van der Waals surface area contributed by atoms with Gasteiger partial charge in [-0.3, -0.25) is 4.79 Å². The number of amidine groups is 1. The lowest BCUT2D eigenvalue weighted by Gasteiger charge is -2.32. The summed E-state index contributed by atoms with van der Waals surface area (Å²) in [6.45, 7) is 5.63. The smallest absolute Gasteiger partial charge is 0.336 e. The lowest BCUT2D eigenvalue weighted by Crippen LogP contribution is -2.42. The molecule has 1 aromatic heterocycles. The summed E-state index contributed by atoms with van der Waals surface area (Å²) in [5.41, 5.74) is 2.15. The Kier molecular flexibility index (Phi) is 5.50. The molecule has 4 rings (SSSR count). The van der Waals surface area contributed by atoms with E-state index >= 15 is 0 Å². The van der Waals surface area contributed by atoms with Crippen LogP contribution >= 0.6 is 0 Å². The number of allylic oxidation sites excluding steroid dienone is 2. The van der Waals surface area contributed by atoms with E-state index in [9.17, 15) is 9.59 Å². The lowest BCUT2D eigenvalue weighted by molar-refractivity contribution is -0.139. The van der Waals surface area contributed by atoms with Gasteiger partial charge in [0.25, 0.3) is 0 Å². The standard InChI is InChI=1S/C24H24N2O5/c1-5-30-24(28)19-14(3)25-23-21(20(19)15-7-10-16(29-4)11-8-15)22(27)18(26-23)12-17-9-6-13(2)31-17/h6-12,20-21H,5H2,1-4H3,(H,25,26)/b18-12-. The molecule has 7 nitrogen and oxygen atoms in total. The number of methoxy groups -OCH3 is 1. The number of rotatable bonds is 5. The largest absolute Gasteiger partial charge is 0.497 e. The molecule has 0 saturated heterocycles. The second-order valence-electron chi connectivity index (χ2n) is 7.45. The Bertz CT molecular complexity index is 1120. The van der Waals surface area contributed by atoms with Crippen LogP contribution in [0.1, 0.15) is 36.8 Å². The minimum Gasteiger partial charge on any atom is -0.497 e. The molecule has 0 spiro atoms. The zero-order valence-electron chi connectivity index (χ0n) is 17.9. The monoisotopic (exact) mass is 420 g/mol. The Labute approximate surface area is 180 Å². The number of hydrogen-bond acceptors (Lipinski definition) is 7. The van der Waals surface area contributed by atoms with Crippen molar-refractivity contribution in [2.24, 2.45) is 10.9 Å². The third-order valence-corrected chi connectivity index (χ3v) is 5.44. The number of nitrogens with zero attached hydrogens (tertiary/aromatic N) is 1. The van der Waals surface area contributed by atoms with Crippen molar-refractivity contribution in [2.75, 3.05) is 13.7 Å². The van der Waals surface area contributed by atoms with Gasteiger partial charge < -0.3 is 19.2 Å². The van der Waals surface area contributed by atoms with Gasteiger partial charge in [0.05, 0.1) is 25.2 Å². The highest BCUT2D eigenvalue weighted by atomic mass is 16.5. The van der Waals surface area contributed by atoms with Crippen molar-refractivity contribution in [3.05, 3.63) is 70.4 Å². The van der Waals surface area contributed by atoms with E-state index in [1.54, 1.807) is 33.1 Å². The van der Waals surface area contributed by atoms with Crippen LogP contribution in [0.2, 0.25) is 0 Å². The number of ketones is 1. The van der Waals surface area contributed by atoms with Crippen LogP contribution in [0, 0.1) is 12.8 Å². The molecule has 2 atom stereocenters. The van der Waals surface area contributed by atoms with Crippen molar-refractivity contribution in [1.29, 1.82) is 0 Å². The van der Waals surface area contributed by atoms with Gasteiger partial charge >= 0.3 is 5.97 Å². The number of carbonyl (C=O) groups excluding carboxylic acids is 2. The molecule has 0 bridgehead atoms. The lowest BCUT2D eigenvalue weighted by atomic mass is 9.75. The van der Waals surface area contributed by atoms with Crippen LogP contribution in [-0.4, -0.2) is 31.3 Å². The van der Waals surface area contributed by atoms with Gasteiger partial charge in [0.1, 0.15) is 28.8 Å². The quantitative estimate of drug-likeness (QED) is 0.585. The van der Waals surface area contributed by atoms with Crippen LogP contribution in [0.5, 0.6) is 5.75 Å². The summed E-state index contributed by atoms with van der Waals surface area (Å²) in [5.74, 6) is 0.715. The van der Waals surface area contributed by atoms with Crippen molar-refractivity contribution in [3.8, 4) is 5.75 Å². The molecular weight excluding hydrogens is 396 g/mol. The van der Waals surface area contributed by atoms with Gasteiger partial charge in [-0.2, -0.15) is 0 Å². The zero-order valence-corrected chi connectivity index (χ0v) is 17.9. The minimum atomic E-state index is -0.654. The van der Waals surface area contributed by atoms with Crippen molar-refractivity contribution >= 4 is 23.7 Å². The molecule has 31 heavy (non-hydrogen) atoms. The fraction of sp³-hybridized carbons (Fsp3) is 0.292. The summed E-state index contributed by atoms with van der Waals surface area (Å²) in [7, 11) is 1.59. The summed E-state index contributed by atoms with van der Waals surface area (Å²) in [6, 6.07) is 11.0. The number of carbonyl (C=O) groups is 2. The Balaban J connectivity index is 1.80. The maximum atomic E-state index is 13.4. The highest BCUT2D eigenvalue weighted by Crippen LogP contribution is 2.43. The number of fused-ring (bicyclic) bond motifs is 1. The first-order valence-electron chi connectivity index (χ1n) is 10.1. The molecule has 0 amide bonds. The summed E-state index contributed by atoms with van der Waals surface area (Å²) in [5, 5.41) is 3.15. The molecule has 2 aliphatic heterocycles. The third-order valence-electron chi connectivity index (χ3n) is 5.44. The van der Waals surface area contributed by atoms with Crippen LogP contribution in [0.25, 0.3) is 6.08 Å². The van der Waals surface area contributed by atoms with E-state index in [0.717, 1.165) is 11.3 Å². The van der Waals surface area contributed by atoms with Crippen LogP contribution < -0.4 is 10.1 Å². The Morgan fingerprint density at radius 3 is 2.52 bits per heavy atom. The molecule has 0 radical (unpaired) electrons. The van der Waals surface area contributed by atoms with Gasteiger partial charge in [0.2, 0.25) is 0 Å². The van der Waals surface area contributed by atoms with E-state index in [0.29, 0.717) is 34.3 Å². The molecule has 1 aromatic carbocycles. The molecule has 7 heteroatoms. The number of esters is 1. The first-order valence-corrected chi connectivity index (χ1v) is 10.1. The number of ether oxygens (including phenoxy) is 2. The van der Waals surface area contributed by atoms with E-state index in [4.69, 9.17) is 13.9 Å². The first-order chi connectivity index (χ1) is 14.9. The number of benzene rings is 1. The van der Waals surface area contributed by atoms with E-state index in [1.807, 2.05) is 37.3 Å². The number of Topliss-reactive ketones (excluding diaryl/α,β-unsaturated/α-hetero) is 1. The van der Waals surface area contributed by atoms with Gasteiger partial charge in [0.15, 0.2) is 5.78 Å². The molecule has 1 N–H and O–H groups in total. The molecule has 160 valence electrons. The topological polar surface area (TPSA) is 90.1 Å². The van der Waals surface area contributed by atoms with Gasteiger partial charge in [-0.05, 0) is 50.6 Å². The Morgan fingerprint density at radius 1 is 1.16 bits per heavy atom. The van der Waals surface area contributed by atoms with Crippen molar-refractivity contribution in [3.63, 3.8) is 0 Å². The second kappa shape index (κ2) is 8.26. The second-order valence-corrected chi connectivity index (χ2v) is 7.45. The fourth-order valence-corrected chi connectivity index (χ4v) is 4.04. The molecule has 2 aromatic rings. The highest BCUT2D eigenvalue weighted by Gasteiger charge is 2.47. The first kappa shape index (κ1) is 20.7. The number of furan rings is 1. The van der Waals surface area contributed by atoms with Crippen LogP contribution in [0.4, 0.5) is 0 Å². The fourth-order valence-electron chi connectivity index (χ4n) is 4.04. The molecule has 3 heterocycles. The predicted molar refractivity (Wildman–Crippen MR) is 116 cm³/mol. The number of hydrogen-bond donors (Lipinski definition) is 1. The van der Waals surface area contributed by atoms with Crippen molar-refractivity contribution in [1.82, 2.24) is 5.32 Å². The zero-order chi connectivity index (χ0) is 22.1. The molecule has 0 fully saturated rings. The number of aliphatic imine (C=N–C) groups is 1. The molecular formula is C24H24N2O5. The maximum absolute atomic E-state index is 13.4. The minimum absolute atomic E-state index is 0.174. The molecule has 2 unspecified atom stereocenters. The molecule has 0 saturated carbocycles. The predicted octanol–water partition coefficient (Wildman–Crippen LogP) is 3.76. The Hall–Kier alpha value is -3.61. The maximum Gasteiger partial charge on any atom is 0.336 e. The normalized spacial score (nSPS) is 21.6. The summed E-state index contributed by atoms with van der Waals surface area (Å²) < 4.78 is 16.2. The highest BCUT2D eigenvalue weighted by molar-refractivity contribution is 6.21. The van der Waals surface area contributed by atoms with E-state index in [2.05, 4.69) is 10.3 Å². The van der Waals surface area contributed by atoms with Crippen LogP contribution in [0.3, 0.4) is 0 Å². The van der Waals surface area contributed by atoms with Gasteiger partial charge in [-0.25, -0.2) is 9.79 Å². The van der Waals surface area contributed by atoms with Crippen LogP contribution in [0.15, 0.2) is 62.8 Å². The summed E-state index contributed by atoms with van der Waals surface area (Å²) in [4.78, 5) is 30.8. The third kappa shape index (κ3) is 3.79. The van der Waals surface area contributed by atoms with Gasteiger partial charge in [0, 0.05) is 17.7 Å². The average molecular weight is 420 g/mol. The average Bonchev–Trinajstić information content (AvgIpc) is 3.30. The Morgan fingerprint density at radius 2 is 1.90 bits per heavy atom. The molecule has 2 aliphatic rings. The van der Waals surface area contributed by atoms with E-state index in [-0.39, 0.29) is 12.4 Å². The van der Waals surface area contributed by atoms with E-state index < -0.39 is 17.8 Å². The van der Waals surface area contributed by atoms with Crippen molar-refractivity contribution in [2.45, 2.75) is 26.7 Å². The number of aryl methyl sites for hydroxylation is 1. The SMILES string of the molecule is CCOC(=O)C1=C(C)NC2=N/C(=C\c3ccc(C)o3)C(=O)C2C1c1ccc(OC)cc1. The summed E-state index contributed by atoms with van der Waals surface area (Å²) in [6.07, 6.45) is 1.63. The van der Waals surface area contributed by atoms with Gasteiger partial charge in [-0.15, -0.1) is 0 Å². The van der Waals surface area contributed by atoms with Crippen molar-refractivity contribution < 1.29 is 23.5 Å². The number of nitrogens with one attached hydrogen (secondary N) is 1. The van der Waals surface area contributed by atoms with Gasteiger partial charge in [-0.1, -0.05) is 12.1 Å². The summed E-state index contributed by atoms with van der Waals surface area (Å²) >= 11 is 0. The van der Waals surface area contributed by atoms with E-state index in [1.165, 1.54) is 0 Å². The van der Waals surface area contributed by atoms with Crippen LogP contribution in [-0.2, 0) is 14.3 Å². The molecule has 0 aliphatic carbocycles.